The van der Waals surface area contributed by atoms with Crippen molar-refractivity contribution in [3.05, 3.63) is 128 Å². The van der Waals surface area contributed by atoms with Gasteiger partial charge in [0.15, 0.2) is 5.65 Å². The maximum absolute atomic E-state index is 6.38. The lowest BCUT2D eigenvalue weighted by atomic mass is 9.96. The molecule has 0 saturated heterocycles. The first-order chi connectivity index (χ1) is 21.3. The molecule has 0 amide bonds. The molecule has 43 heavy (non-hydrogen) atoms. The summed E-state index contributed by atoms with van der Waals surface area (Å²) in [6.45, 7) is 0. The summed E-state index contributed by atoms with van der Waals surface area (Å²) in [4.78, 5) is 4.69. The van der Waals surface area contributed by atoms with Gasteiger partial charge in [-0.05, 0) is 46.8 Å². The van der Waals surface area contributed by atoms with Crippen molar-refractivity contribution in [2.75, 3.05) is 0 Å². The van der Waals surface area contributed by atoms with E-state index < -0.39 is 0 Å². The number of benzene rings is 6. The minimum absolute atomic E-state index is 0.827. The van der Waals surface area contributed by atoms with Crippen LogP contribution in [0.5, 0.6) is 0 Å². The van der Waals surface area contributed by atoms with Crippen LogP contribution in [0, 0.1) is 0 Å². The smallest absolute Gasteiger partial charge is 0.163 e. The number of fused-ring (bicyclic) bond motifs is 12. The third kappa shape index (κ3) is 3.11. The predicted octanol–water partition coefficient (Wildman–Crippen LogP) is 10.2. The van der Waals surface area contributed by atoms with Gasteiger partial charge >= 0.3 is 0 Å². The third-order valence-electron chi connectivity index (χ3n) is 8.75. The summed E-state index contributed by atoms with van der Waals surface area (Å²) in [6, 6.07) is 42.3. The standard InChI is InChI=1S/C38H21N3O2/c1-3-13-34-27(7-1)29-11-5-9-24(36(29)42-34)22-15-17-26-31-19-23(16-18-33(31)41-38(32(26)20-22)39-21-40-41)25-10-6-12-30-28-8-2-4-14-35(28)43-37(25)30/h1-21H. The van der Waals surface area contributed by atoms with E-state index in [0.29, 0.717) is 0 Å². The molecule has 4 aromatic heterocycles. The van der Waals surface area contributed by atoms with Crippen molar-refractivity contribution in [3.8, 4) is 22.3 Å². The second-order valence-corrected chi connectivity index (χ2v) is 11.0. The van der Waals surface area contributed by atoms with E-state index in [0.717, 1.165) is 93.5 Å². The monoisotopic (exact) mass is 551 g/mol. The van der Waals surface area contributed by atoms with Crippen LogP contribution in [-0.2, 0) is 0 Å². The van der Waals surface area contributed by atoms with Gasteiger partial charge in [0, 0.05) is 43.4 Å². The highest BCUT2D eigenvalue weighted by molar-refractivity contribution is 6.16. The number of hydrogen-bond acceptors (Lipinski definition) is 4. The predicted molar refractivity (Wildman–Crippen MR) is 173 cm³/mol. The maximum atomic E-state index is 6.38. The highest BCUT2D eigenvalue weighted by Gasteiger charge is 2.17. The topological polar surface area (TPSA) is 56.5 Å². The molecule has 5 nitrogen and oxygen atoms in total. The Morgan fingerprint density at radius 1 is 0.465 bits per heavy atom. The van der Waals surface area contributed by atoms with Gasteiger partial charge in [0.25, 0.3) is 0 Å². The Morgan fingerprint density at radius 3 is 1.72 bits per heavy atom. The lowest BCUT2D eigenvalue weighted by Crippen LogP contribution is -1.94. The molecule has 5 heteroatoms. The number of hydrogen-bond donors (Lipinski definition) is 0. The summed E-state index contributed by atoms with van der Waals surface area (Å²) in [6.07, 6.45) is 1.63. The van der Waals surface area contributed by atoms with Crippen LogP contribution in [0.15, 0.2) is 136 Å². The molecule has 0 spiro atoms. The van der Waals surface area contributed by atoms with E-state index in [4.69, 9.17) is 8.83 Å². The van der Waals surface area contributed by atoms with Gasteiger partial charge in [0.05, 0.1) is 5.52 Å². The lowest BCUT2D eigenvalue weighted by Gasteiger charge is -2.11. The zero-order valence-electron chi connectivity index (χ0n) is 22.8. The zero-order chi connectivity index (χ0) is 28.1. The number of pyridine rings is 1. The van der Waals surface area contributed by atoms with Gasteiger partial charge in [-0.3, -0.25) is 0 Å². The van der Waals surface area contributed by atoms with Crippen molar-refractivity contribution in [2.24, 2.45) is 0 Å². The molecule has 0 N–H and O–H groups in total. The summed E-state index contributed by atoms with van der Waals surface area (Å²) in [5.74, 6) is 0. The second-order valence-electron chi connectivity index (χ2n) is 11.0. The lowest BCUT2D eigenvalue weighted by molar-refractivity contribution is 0.669. The number of rotatable bonds is 2. The fourth-order valence-corrected chi connectivity index (χ4v) is 6.79. The summed E-state index contributed by atoms with van der Waals surface area (Å²) >= 11 is 0. The van der Waals surface area contributed by atoms with Crippen molar-refractivity contribution in [3.63, 3.8) is 0 Å². The minimum Gasteiger partial charge on any atom is -0.455 e. The van der Waals surface area contributed by atoms with E-state index in [-0.39, 0.29) is 0 Å². The SMILES string of the molecule is c1ccc2c(c1)oc1c(-c3ccc4c(c3)c3ccc(-c5cccc6c5oc5ccccc56)cc3c3ncnn43)cccc12. The van der Waals surface area contributed by atoms with Crippen molar-refractivity contribution in [2.45, 2.75) is 0 Å². The maximum Gasteiger partial charge on any atom is 0.163 e. The van der Waals surface area contributed by atoms with Crippen molar-refractivity contribution in [1.29, 1.82) is 0 Å². The molecule has 4 heterocycles. The Labute approximate surface area is 244 Å². The number of nitrogens with zero attached hydrogens (tertiary/aromatic N) is 3. The van der Waals surface area contributed by atoms with E-state index >= 15 is 0 Å². The van der Waals surface area contributed by atoms with Crippen LogP contribution >= 0.6 is 0 Å². The van der Waals surface area contributed by atoms with Crippen LogP contribution in [0.25, 0.3) is 93.5 Å². The molecule has 10 aromatic rings. The normalized spacial score (nSPS) is 12.2. The molecule has 0 atom stereocenters. The number of para-hydroxylation sites is 4. The van der Waals surface area contributed by atoms with Gasteiger partial charge < -0.3 is 8.83 Å². The van der Waals surface area contributed by atoms with Crippen molar-refractivity contribution in [1.82, 2.24) is 14.6 Å². The molecule has 0 saturated carbocycles. The quantitative estimate of drug-likeness (QED) is 0.201. The summed E-state index contributed by atoms with van der Waals surface area (Å²) < 4.78 is 14.7. The van der Waals surface area contributed by atoms with Crippen molar-refractivity contribution >= 4 is 71.2 Å². The van der Waals surface area contributed by atoms with Crippen LogP contribution in [0.2, 0.25) is 0 Å². The van der Waals surface area contributed by atoms with Gasteiger partial charge in [-0.2, -0.15) is 5.10 Å². The van der Waals surface area contributed by atoms with Crippen molar-refractivity contribution < 1.29 is 8.83 Å². The van der Waals surface area contributed by atoms with Gasteiger partial charge in [-0.15, -0.1) is 0 Å². The molecule has 0 bridgehead atoms. The van der Waals surface area contributed by atoms with E-state index in [1.54, 1.807) is 6.33 Å². The highest BCUT2D eigenvalue weighted by Crippen LogP contribution is 2.40. The molecule has 0 aliphatic carbocycles. The summed E-state index contributed by atoms with van der Waals surface area (Å²) in [5, 5.41) is 12.4. The average Bonchev–Trinajstić information content (AvgIpc) is 3.80. The molecule has 0 aliphatic heterocycles. The molecular weight excluding hydrogens is 530 g/mol. The summed E-state index contributed by atoms with van der Waals surface area (Å²) in [7, 11) is 0. The largest absolute Gasteiger partial charge is 0.455 e. The van der Waals surface area contributed by atoms with Crippen LogP contribution < -0.4 is 0 Å². The van der Waals surface area contributed by atoms with Crippen LogP contribution in [0.1, 0.15) is 0 Å². The van der Waals surface area contributed by atoms with E-state index in [2.05, 4.69) is 107 Å². The molecule has 0 aliphatic rings. The van der Waals surface area contributed by atoms with Crippen LogP contribution in [0.3, 0.4) is 0 Å². The first-order valence-electron chi connectivity index (χ1n) is 14.3. The Bertz CT molecular complexity index is 2750. The minimum atomic E-state index is 0.827. The zero-order valence-corrected chi connectivity index (χ0v) is 22.8. The van der Waals surface area contributed by atoms with Crippen LogP contribution in [-0.4, -0.2) is 14.6 Å². The molecule has 0 radical (unpaired) electrons. The average molecular weight is 552 g/mol. The number of furan rings is 2. The van der Waals surface area contributed by atoms with Gasteiger partial charge in [0.2, 0.25) is 0 Å². The molecule has 10 rings (SSSR count). The van der Waals surface area contributed by atoms with E-state index in [1.807, 2.05) is 28.8 Å². The molecule has 0 unspecified atom stereocenters. The molecule has 6 aromatic carbocycles. The van der Waals surface area contributed by atoms with E-state index in [1.165, 1.54) is 0 Å². The van der Waals surface area contributed by atoms with E-state index in [9.17, 15) is 0 Å². The Kier molecular flexibility index (Phi) is 4.39. The second kappa shape index (κ2) is 8.30. The Morgan fingerprint density at radius 2 is 1.05 bits per heavy atom. The Balaban J connectivity index is 1.23. The van der Waals surface area contributed by atoms with Gasteiger partial charge in [-0.1, -0.05) is 91.0 Å². The highest BCUT2D eigenvalue weighted by atomic mass is 16.3. The fourth-order valence-electron chi connectivity index (χ4n) is 6.79. The van der Waals surface area contributed by atoms with Gasteiger partial charge in [0.1, 0.15) is 28.7 Å². The molecule has 0 fully saturated rings. The van der Waals surface area contributed by atoms with Gasteiger partial charge in [-0.25, -0.2) is 9.50 Å². The molecular formula is C38H21N3O2. The first-order valence-corrected chi connectivity index (χ1v) is 14.3. The first kappa shape index (κ1) is 22.7. The Hall–Kier alpha value is -5.94. The third-order valence-corrected chi connectivity index (χ3v) is 8.75. The molecule has 200 valence electrons. The fraction of sp³-hybridized carbons (Fsp3) is 0. The summed E-state index contributed by atoms with van der Waals surface area (Å²) in [5.41, 5.74) is 9.70. The number of aromatic nitrogens is 3. The van der Waals surface area contributed by atoms with Crippen LogP contribution in [0.4, 0.5) is 0 Å².